The normalized spacial score (nSPS) is 12.8. The monoisotopic (exact) mass is 234 g/mol. The number of nitrogens with one attached hydrogen (secondary N) is 1. The van der Waals surface area contributed by atoms with E-state index < -0.39 is 0 Å². The molecule has 17 heavy (non-hydrogen) atoms. The van der Waals surface area contributed by atoms with Crippen molar-refractivity contribution in [2.24, 2.45) is 0 Å². The second-order valence-corrected chi connectivity index (χ2v) is 4.16. The van der Waals surface area contributed by atoms with Gasteiger partial charge in [0.15, 0.2) is 0 Å². The number of rotatable bonds is 7. The Morgan fingerprint density at radius 2 is 2.47 bits per heavy atom. The van der Waals surface area contributed by atoms with Crippen LogP contribution in [0.1, 0.15) is 19.1 Å². The SMILES string of the molecule is CC(Cc1ccco1)NCCCn1ccnn1. The van der Waals surface area contributed by atoms with E-state index in [4.69, 9.17) is 4.42 Å². The van der Waals surface area contributed by atoms with Gasteiger partial charge in [-0.15, -0.1) is 5.10 Å². The Balaban J connectivity index is 1.58. The molecule has 0 radical (unpaired) electrons. The van der Waals surface area contributed by atoms with Gasteiger partial charge in [-0.25, -0.2) is 0 Å². The van der Waals surface area contributed by atoms with Crippen LogP contribution in [0.5, 0.6) is 0 Å². The van der Waals surface area contributed by atoms with Crippen LogP contribution in [-0.4, -0.2) is 27.6 Å². The molecule has 0 aliphatic heterocycles. The van der Waals surface area contributed by atoms with E-state index in [9.17, 15) is 0 Å². The van der Waals surface area contributed by atoms with Crippen molar-refractivity contribution in [2.75, 3.05) is 6.54 Å². The summed E-state index contributed by atoms with van der Waals surface area (Å²) in [5.74, 6) is 1.03. The Hall–Kier alpha value is -1.62. The molecule has 0 spiro atoms. The number of aromatic nitrogens is 3. The first kappa shape index (κ1) is 11.9. The third kappa shape index (κ3) is 4.03. The molecular formula is C12H18N4O. The molecule has 0 aliphatic rings. The van der Waals surface area contributed by atoms with E-state index in [1.165, 1.54) is 0 Å². The van der Waals surface area contributed by atoms with Gasteiger partial charge in [-0.2, -0.15) is 0 Å². The minimum atomic E-state index is 0.428. The van der Waals surface area contributed by atoms with Gasteiger partial charge in [0, 0.05) is 25.2 Å². The van der Waals surface area contributed by atoms with Crippen molar-refractivity contribution in [3.8, 4) is 0 Å². The van der Waals surface area contributed by atoms with Crippen LogP contribution in [0.2, 0.25) is 0 Å². The molecule has 2 aromatic rings. The van der Waals surface area contributed by atoms with Crippen LogP contribution < -0.4 is 5.32 Å². The zero-order chi connectivity index (χ0) is 11.9. The summed E-state index contributed by atoms with van der Waals surface area (Å²) >= 11 is 0. The fourth-order valence-electron chi connectivity index (χ4n) is 1.74. The van der Waals surface area contributed by atoms with Gasteiger partial charge in [-0.1, -0.05) is 5.21 Å². The van der Waals surface area contributed by atoms with Crippen molar-refractivity contribution in [2.45, 2.75) is 32.4 Å². The highest BCUT2D eigenvalue weighted by atomic mass is 16.3. The lowest BCUT2D eigenvalue weighted by molar-refractivity contribution is 0.444. The number of hydrogen-bond donors (Lipinski definition) is 1. The third-order valence-corrected chi connectivity index (χ3v) is 2.62. The molecule has 2 heterocycles. The molecule has 0 aromatic carbocycles. The average molecular weight is 234 g/mol. The highest BCUT2D eigenvalue weighted by molar-refractivity contribution is 4.99. The summed E-state index contributed by atoms with van der Waals surface area (Å²) in [5.41, 5.74) is 0. The first-order chi connectivity index (χ1) is 8.34. The summed E-state index contributed by atoms with van der Waals surface area (Å²) in [4.78, 5) is 0. The summed E-state index contributed by atoms with van der Waals surface area (Å²) in [5, 5.41) is 11.1. The highest BCUT2D eigenvalue weighted by Crippen LogP contribution is 2.03. The van der Waals surface area contributed by atoms with E-state index in [0.717, 1.165) is 31.7 Å². The molecule has 5 heteroatoms. The van der Waals surface area contributed by atoms with Gasteiger partial charge in [0.05, 0.1) is 12.5 Å². The van der Waals surface area contributed by atoms with Gasteiger partial charge in [-0.05, 0) is 32.0 Å². The maximum absolute atomic E-state index is 5.31. The lowest BCUT2D eigenvalue weighted by Crippen LogP contribution is -2.29. The number of aryl methyl sites for hydroxylation is 1. The lowest BCUT2D eigenvalue weighted by Gasteiger charge is -2.12. The molecule has 2 aromatic heterocycles. The zero-order valence-corrected chi connectivity index (χ0v) is 10.0. The number of nitrogens with zero attached hydrogens (tertiary/aromatic N) is 3. The molecule has 0 aliphatic carbocycles. The molecule has 2 rings (SSSR count). The molecule has 0 amide bonds. The first-order valence-corrected chi connectivity index (χ1v) is 5.94. The van der Waals surface area contributed by atoms with Crippen LogP contribution in [0.4, 0.5) is 0 Å². The van der Waals surface area contributed by atoms with Crippen molar-refractivity contribution in [1.29, 1.82) is 0 Å². The molecular weight excluding hydrogens is 216 g/mol. The number of hydrogen-bond acceptors (Lipinski definition) is 4. The molecule has 0 saturated carbocycles. The summed E-state index contributed by atoms with van der Waals surface area (Å²) in [7, 11) is 0. The predicted molar refractivity (Wildman–Crippen MR) is 64.5 cm³/mol. The van der Waals surface area contributed by atoms with Crippen LogP contribution in [0.15, 0.2) is 35.2 Å². The largest absolute Gasteiger partial charge is 0.469 e. The van der Waals surface area contributed by atoms with E-state index in [1.807, 2.05) is 23.0 Å². The van der Waals surface area contributed by atoms with Crippen molar-refractivity contribution in [1.82, 2.24) is 20.3 Å². The summed E-state index contributed by atoms with van der Waals surface area (Å²) in [6.45, 7) is 4.04. The third-order valence-electron chi connectivity index (χ3n) is 2.62. The smallest absolute Gasteiger partial charge is 0.105 e. The maximum Gasteiger partial charge on any atom is 0.105 e. The molecule has 1 N–H and O–H groups in total. The Morgan fingerprint density at radius 1 is 1.53 bits per heavy atom. The van der Waals surface area contributed by atoms with Crippen LogP contribution in [0.3, 0.4) is 0 Å². The molecule has 5 nitrogen and oxygen atoms in total. The average Bonchev–Trinajstić information content (AvgIpc) is 2.96. The zero-order valence-electron chi connectivity index (χ0n) is 10.0. The van der Waals surface area contributed by atoms with Crippen molar-refractivity contribution in [3.63, 3.8) is 0 Å². The maximum atomic E-state index is 5.31. The van der Waals surface area contributed by atoms with Gasteiger partial charge in [-0.3, -0.25) is 4.68 Å². The summed E-state index contributed by atoms with van der Waals surface area (Å²) < 4.78 is 7.15. The molecule has 0 saturated heterocycles. The Kier molecular flexibility index (Phi) is 4.32. The van der Waals surface area contributed by atoms with Gasteiger partial charge in [0.2, 0.25) is 0 Å². The lowest BCUT2D eigenvalue weighted by atomic mass is 10.2. The number of furan rings is 1. The predicted octanol–water partition coefficient (Wildman–Crippen LogP) is 1.48. The standard InChI is InChI=1S/C12H18N4O/c1-11(10-12-4-2-9-17-12)13-5-3-7-16-8-6-14-15-16/h2,4,6,8-9,11,13H,3,5,7,10H2,1H3. The Labute approximate surface area is 101 Å². The van der Waals surface area contributed by atoms with Gasteiger partial charge in [0.25, 0.3) is 0 Å². The van der Waals surface area contributed by atoms with Crippen LogP contribution in [0.25, 0.3) is 0 Å². The molecule has 92 valence electrons. The Bertz CT molecular complexity index is 396. The highest BCUT2D eigenvalue weighted by Gasteiger charge is 2.04. The second-order valence-electron chi connectivity index (χ2n) is 4.16. The van der Waals surface area contributed by atoms with E-state index in [1.54, 1.807) is 12.5 Å². The van der Waals surface area contributed by atoms with Gasteiger partial charge >= 0.3 is 0 Å². The van der Waals surface area contributed by atoms with E-state index in [2.05, 4.69) is 22.6 Å². The van der Waals surface area contributed by atoms with E-state index in [-0.39, 0.29) is 0 Å². The molecule has 0 bridgehead atoms. The fourth-order valence-corrected chi connectivity index (χ4v) is 1.74. The second kappa shape index (κ2) is 6.20. The van der Waals surface area contributed by atoms with Gasteiger partial charge < -0.3 is 9.73 Å². The molecule has 1 unspecified atom stereocenters. The van der Waals surface area contributed by atoms with Crippen LogP contribution >= 0.6 is 0 Å². The fraction of sp³-hybridized carbons (Fsp3) is 0.500. The van der Waals surface area contributed by atoms with Crippen LogP contribution in [-0.2, 0) is 13.0 Å². The summed E-state index contributed by atoms with van der Waals surface area (Å²) in [6.07, 6.45) is 7.27. The van der Waals surface area contributed by atoms with Crippen molar-refractivity contribution >= 4 is 0 Å². The Morgan fingerprint density at radius 3 is 3.18 bits per heavy atom. The summed E-state index contributed by atoms with van der Waals surface area (Å²) in [6, 6.07) is 4.36. The minimum Gasteiger partial charge on any atom is -0.469 e. The van der Waals surface area contributed by atoms with Crippen molar-refractivity contribution < 1.29 is 4.42 Å². The first-order valence-electron chi connectivity index (χ1n) is 5.94. The quantitative estimate of drug-likeness (QED) is 0.737. The topological polar surface area (TPSA) is 55.9 Å². The minimum absolute atomic E-state index is 0.428. The van der Waals surface area contributed by atoms with Gasteiger partial charge in [0.1, 0.15) is 5.76 Å². The van der Waals surface area contributed by atoms with E-state index in [0.29, 0.717) is 6.04 Å². The van der Waals surface area contributed by atoms with Crippen molar-refractivity contribution in [3.05, 3.63) is 36.5 Å². The van der Waals surface area contributed by atoms with E-state index >= 15 is 0 Å². The molecule has 1 atom stereocenters. The molecule has 0 fully saturated rings. The van der Waals surface area contributed by atoms with Crippen LogP contribution in [0, 0.1) is 0 Å².